The van der Waals surface area contributed by atoms with Crippen LogP contribution in [0.15, 0.2) is 29.3 Å². The molecule has 0 saturated carbocycles. The summed E-state index contributed by atoms with van der Waals surface area (Å²) in [6.45, 7) is 5.29. The predicted molar refractivity (Wildman–Crippen MR) is 86.6 cm³/mol. The van der Waals surface area contributed by atoms with E-state index in [0.29, 0.717) is 5.75 Å². The first kappa shape index (κ1) is 17.0. The lowest BCUT2D eigenvalue weighted by atomic mass is 9.88. The minimum atomic E-state index is -0.602. The number of esters is 1. The summed E-state index contributed by atoms with van der Waals surface area (Å²) in [7, 11) is 1.32. The number of aliphatic imine (C=N–C) groups is 1. The molecule has 0 fully saturated rings. The van der Waals surface area contributed by atoms with E-state index in [-0.39, 0.29) is 6.23 Å². The summed E-state index contributed by atoms with van der Waals surface area (Å²) in [5, 5.41) is 0. The Bertz CT molecular complexity index is 570. The van der Waals surface area contributed by atoms with Crippen LogP contribution < -0.4 is 4.74 Å². The van der Waals surface area contributed by atoms with Crippen molar-refractivity contribution < 1.29 is 19.1 Å². The average Bonchev–Trinajstić information content (AvgIpc) is 3.10. The van der Waals surface area contributed by atoms with E-state index in [1.165, 1.54) is 7.11 Å². The Kier molecular flexibility index (Phi) is 5.73. The van der Waals surface area contributed by atoms with Gasteiger partial charge in [-0.05, 0) is 24.6 Å². The predicted octanol–water partition coefficient (Wildman–Crippen LogP) is 1.85. The van der Waals surface area contributed by atoms with Crippen molar-refractivity contribution in [1.82, 2.24) is 4.90 Å². The lowest BCUT2D eigenvalue weighted by Crippen LogP contribution is -2.34. The summed E-state index contributed by atoms with van der Waals surface area (Å²) in [6, 6.07) is 7.18. The molecule has 3 atom stereocenters. The van der Waals surface area contributed by atoms with Gasteiger partial charge in [0, 0.05) is 12.5 Å². The van der Waals surface area contributed by atoms with Gasteiger partial charge in [-0.25, -0.2) is 0 Å². The van der Waals surface area contributed by atoms with Crippen LogP contribution in [0.25, 0.3) is 0 Å². The van der Waals surface area contributed by atoms with Crippen molar-refractivity contribution in [2.24, 2.45) is 10.9 Å². The molecule has 1 aliphatic rings. The number of aldehydes is 1. The molecular weight excluding hydrogens is 296 g/mol. The first-order valence-corrected chi connectivity index (χ1v) is 7.62. The van der Waals surface area contributed by atoms with E-state index < -0.39 is 17.8 Å². The molecule has 23 heavy (non-hydrogen) atoms. The van der Waals surface area contributed by atoms with E-state index in [1.54, 1.807) is 37.5 Å². The summed E-state index contributed by atoms with van der Waals surface area (Å²) in [6.07, 6.45) is 2.44. The second-order valence-corrected chi connectivity index (χ2v) is 5.54. The first-order valence-electron chi connectivity index (χ1n) is 7.62. The number of hydrogen-bond donors (Lipinski definition) is 0. The fourth-order valence-electron chi connectivity index (χ4n) is 2.55. The molecule has 0 aliphatic carbocycles. The van der Waals surface area contributed by atoms with Crippen molar-refractivity contribution in [2.75, 3.05) is 20.2 Å². The van der Waals surface area contributed by atoms with Gasteiger partial charge in [-0.3, -0.25) is 9.79 Å². The zero-order valence-corrected chi connectivity index (χ0v) is 13.6. The number of benzene rings is 1. The number of hydrogen-bond acceptors (Lipinski definition) is 6. The van der Waals surface area contributed by atoms with Crippen molar-refractivity contribution >= 4 is 18.6 Å². The molecule has 0 amide bonds. The highest BCUT2D eigenvalue weighted by Crippen LogP contribution is 2.27. The zero-order valence-electron chi connectivity index (χ0n) is 13.6. The van der Waals surface area contributed by atoms with Crippen molar-refractivity contribution in [3.8, 4) is 5.75 Å². The molecule has 124 valence electrons. The average molecular weight is 318 g/mol. The second kappa shape index (κ2) is 7.76. The van der Waals surface area contributed by atoms with Gasteiger partial charge in [0.25, 0.3) is 0 Å². The fraction of sp³-hybridized carbons (Fsp3) is 0.471. The van der Waals surface area contributed by atoms with Crippen LogP contribution in [0.4, 0.5) is 0 Å². The Morgan fingerprint density at radius 3 is 2.52 bits per heavy atom. The molecule has 0 aromatic heterocycles. The first-order chi connectivity index (χ1) is 11.1. The summed E-state index contributed by atoms with van der Waals surface area (Å²) in [4.78, 5) is 29.1. The number of ether oxygens (including phenoxy) is 2. The minimum absolute atomic E-state index is 0.114. The summed E-state index contributed by atoms with van der Waals surface area (Å²) >= 11 is 0. The van der Waals surface area contributed by atoms with Gasteiger partial charge in [0.2, 0.25) is 0 Å². The quantitative estimate of drug-likeness (QED) is 0.567. The van der Waals surface area contributed by atoms with Gasteiger partial charge >= 0.3 is 5.97 Å². The SMILES string of the molecule is COC(=O)C(c1ccc(OC(C)N2C=NCC2)cc1)C(C)C=O. The van der Waals surface area contributed by atoms with E-state index in [2.05, 4.69) is 4.99 Å². The molecule has 6 nitrogen and oxygen atoms in total. The van der Waals surface area contributed by atoms with E-state index >= 15 is 0 Å². The molecule has 3 unspecified atom stereocenters. The van der Waals surface area contributed by atoms with E-state index in [0.717, 1.165) is 24.9 Å². The van der Waals surface area contributed by atoms with Crippen LogP contribution in [0.1, 0.15) is 25.3 Å². The normalized spacial score (nSPS) is 17.4. The fourth-order valence-corrected chi connectivity index (χ4v) is 2.55. The number of carbonyl (C=O) groups is 2. The number of carbonyl (C=O) groups excluding carboxylic acids is 2. The van der Waals surface area contributed by atoms with Crippen LogP contribution in [-0.4, -0.2) is 49.9 Å². The van der Waals surface area contributed by atoms with Crippen molar-refractivity contribution in [3.05, 3.63) is 29.8 Å². The summed E-state index contributed by atoms with van der Waals surface area (Å²) < 4.78 is 10.7. The van der Waals surface area contributed by atoms with Gasteiger partial charge < -0.3 is 19.2 Å². The summed E-state index contributed by atoms with van der Waals surface area (Å²) in [5.41, 5.74) is 0.735. The topological polar surface area (TPSA) is 68.2 Å². The van der Waals surface area contributed by atoms with E-state index in [1.807, 2.05) is 11.8 Å². The van der Waals surface area contributed by atoms with Gasteiger partial charge in [0.15, 0.2) is 6.23 Å². The molecule has 1 aromatic carbocycles. The third-order valence-corrected chi connectivity index (χ3v) is 3.93. The molecule has 1 aromatic rings. The standard InChI is InChI=1S/C17H22N2O4/c1-12(10-20)16(17(21)22-3)14-4-6-15(7-5-14)23-13(2)19-9-8-18-11-19/h4-7,10-13,16H,8-9H2,1-3H3. The molecule has 0 radical (unpaired) electrons. The molecule has 1 aliphatic heterocycles. The third kappa shape index (κ3) is 4.09. The van der Waals surface area contributed by atoms with Crippen molar-refractivity contribution in [3.63, 3.8) is 0 Å². The molecule has 0 bridgehead atoms. The minimum Gasteiger partial charge on any atom is -0.471 e. The van der Waals surface area contributed by atoms with E-state index in [4.69, 9.17) is 9.47 Å². The van der Waals surface area contributed by atoms with Crippen LogP contribution in [0, 0.1) is 5.92 Å². The van der Waals surface area contributed by atoms with E-state index in [9.17, 15) is 9.59 Å². The number of nitrogens with zero attached hydrogens (tertiary/aromatic N) is 2. The number of rotatable bonds is 7. The van der Waals surface area contributed by atoms with Crippen LogP contribution in [0.2, 0.25) is 0 Å². The molecule has 2 rings (SSSR count). The monoisotopic (exact) mass is 318 g/mol. The second-order valence-electron chi connectivity index (χ2n) is 5.54. The van der Waals surface area contributed by atoms with Gasteiger partial charge in [-0.1, -0.05) is 19.1 Å². The van der Waals surface area contributed by atoms with Gasteiger partial charge in [0.05, 0.1) is 25.9 Å². The largest absolute Gasteiger partial charge is 0.471 e. The highest BCUT2D eigenvalue weighted by molar-refractivity contribution is 5.82. The Balaban J connectivity index is 2.09. The lowest BCUT2D eigenvalue weighted by Gasteiger charge is -2.24. The van der Waals surface area contributed by atoms with Gasteiger partial charge in [0.1, 0.15) is 12.0 Å². The number of methoxy groups -OCH3 is 1. The molecule has 0 spiro atoms. The zero-order chi connectivity index (χ0) is 16.8. The Morgan fingerprint density at radius 2 is 2.00 bits per heavy atom. The molecule has 0 saturated heterocycles. The van der Waals surface area contributed by atoms with Crippen LogP contribution >= 0.6 is 0 Å². The Hall–Kier alpha value is -2.37. The molecule has 0 N–H and O–H groups in total. The molecular formula is C17H22N2O4. The maximum absolute atomic E-state index is 11.9. The molecule has 6 heteroatoms. The van der Waals surface area contributed by atoms with Crippen molar-refractivity contribution in [1.29, 1.82) is 0 Å². The van der Waals surface area contributed by atoms with Crippen molar-refractivity contribution in [2.45, 2.75) is 26.0 Å². The Morgan fingerprint density at radius 1 is 1.30 bits per heavy atom. The maximum atomic E-state index is 11.9. The Labute approximate surface area is 136 Å². The van der Waals surface area contributed by atoms with Gasteiger partial charge in [-0.15, -0.1) is 0 Å². The van der Waals surface area contributed by atoms with Crippen LogP contribution in [0.5, 0.6) is 5.75 Å². The van der Waals surface area contributed by atoms with Crippen LogP contribution in [0.3, 0.4) is 0 Å². The lowest BCUT2D eigenvalue weighted by molar-refractivity contribution is -0.144. The highest BCUT2D eigenvalue weighted by atomic mass is 16.5. The van der Waals surface area contributed by atoms with Crippen LogP contribution in [-0.2, 0) is 14.3 Å². The molecule has 1 heterocycles. The smallest absolute Gasteiger partial charge is 0.313 e. The summed E-state index contributed by atoms with van der Waals surface area (Å²) in [5.74, 6) is -0.771. The third-order valence-electron chi connectivity index (χ3n) is 3.93. The maximum Gasteiger partial charge on any atom is 0.313 e. The highest BCUT2D eigenvalue weighted by Gasteiger charge is 2.27. The van der Waals surface area contributed by atoms with Gasteiger partial charge in [-0.2, -0.15) is 0 Å².